The molecule has 0 saturated heterocycles. The van der Waals surface area contributed by atoms with E-state index >= 15 is 0 Å². The Labute approximate surface area is 90.3 Å². The molecule has 0 radical (unpaired) electrons. The summed E-state index contributed by atoms with van der Waals surface area (Å²) < 4.78 is 5.63. The molecule has 15 heavy (non-hydrogen) atoms. The Morgan fingerprint density at radius 2 is 2.13 bits per heavy atom. The predicted octanol–water partition coefficient (Wildman–Crippen LogP) is 3.40. The molecular formula is C13H17NO. The number of aromatic nitrogens is 1. The molecule has 1 N–H and O–H groups in total. The molecule has 0 bridgehead atoms. The van der Waals surface area contributed by atoms with Crippen LogP contribution in [0.3, 0.4) is 0 Å². The largest absolute Gasteiger partial charge is 0.374 e. The van der Waals surface area contributed by atoms with E-state index in [1.165, 1.54) is 22.0 Å². The van der Waals surface area contributed by atoms with E-state index in [4.69, 9.17) is 4.74 Å². The second-order valence-electron chi connectivity index (χ2n) is 4.17. The van der Waals surface area contributed by atoms with E-state index < -0.39 is 0 Å². The summed E-state index contributed by atoms with van der Waals surface area (Å²) >= 11 is 0. The van der Waals surface area contributed by atoms with Crippen molar-refractivity contribution >= 4 is 10.9 Å². The molecular weight excluding hydrogens is 186 g/mol. The number of ether oxygens (including phenoxy) is 1. The van der Waals surface area contributed by atoms with E-state index in [-0.39, 0.29) is 6.10 Å². The highest BCUT2D eigenvalue weighted by Crippen LogP contribution is 2.22. The van der Waals surface area contributed by atoms with Crippen molar-refractivity contribution in [2.75, 3.05) is 0 Å². The molecule has 0 fully saturated rings. The van der Waals surface area contributed by atoms with Gasteiger partial charge in [-0.15, -0.1) is 0 Å². The van der Waals surface area contributed by atoms with Crippen LogP contribution < -0.4 is 0 Å². The number of nitrogens with one attached hydrogen (secondary N) is 1. The smallest absolute Gasteiger partial charge is 0.0741 e. The van der Waals surface area contributed by atoms with Crippen molar-refractivity contribution in [1.29, 1.82) is 0 Å². The highest BCUT2D eigenvalue weighted by atomic mass is 16.5. The Morgan fingerprint density at radius 3 is 2.87 bits per heavy atom. The molecule has 0 atom stereocenters. The second-order valence-corrected chi connectivity index (χ2v) is 4.17. The van der Waals surface area contributed by atoms with Gasteiger partial charge < -0.3 is 9.72 Å². The Balaban J connectivity index is 2.35. The van der Waals surface area contributed by atoms with Crippen molar-refractivity contribution in [3.05, 3.63) is 35.5 Å². The average molecular weight is 203 g/mol. The molecule has 0 aliphatic heterocycles. The van der Waals surface area contributed by atoms with Gasteiger partial charge in [-0.3, -0.25) is 0 Å². The van der Waals surface area contributed by atoms with Crippen LogP contribution in [-0.2, 0) is 11.3 Å². The van der Waals surface area contributed by atoms with Gasteiger partial charge in [-0.05, 0) is 32.4 Å². The summed E-state index contributed by atoms with van der Waals surface area (Å²) in [6.07, 6.45) is 2.32. The summed E-state index contributed by atoms with van der Waals surface area (Å²) in [6, 6.07) is 6.30. The van der Waals surface area contributed by atoms with Crippen LogP contribution in [-0.4, -0.2) is 11.1 Å². The number of rotatable bonds is 3. The third-order valence-electron chi connectivity index (χ3n) is 2.57. The first kappa shape index (κ1) is 10.2. The summed E-state index contributed by atoms with van der Waals surface area (Å²) in [5, 5.41) is 1.30. The van der Waals surface area contributed by atoms with Gasteiger partial charge in [-0.2, -0.15) is 0 Å². The highest BCUT2D eigenvalue weighted by Gasteiger charge is 2.06. The standard InChI is InChI=1S/C13H17NO/c1-9(2)15-8-11-7-14-12-6-4-5-10(3)13(11)12/h4-7,9,14H,8H2,1-3H3. The minimum absolute atomic E-state index is 0.277. The number of aryl methyl sites for hydroxylation is 1. The first-order valence-electron chi connectivity index (χ1n) is 5.35. The summed E-state index contributed by atoms with van der Waals surface area (Å²) in [6.45, 7) is 6.93. The first-order chi connectivity index (χ1) is 7.18. The molecule has 1 aromatic carbocycles. The summed E-state index contributed by atoms with van der Waals surface area (Å²) in [5.41, 5.74) is 3.74. The van der Waals surface area contributed by atoms with Gasteiger partial charge in [-0.1, -0.05) is 12.1 Å². The van der Waals surface area contributed by atoms with Gasteiger partial charge in [0.25, 0.3) is 0 Å². The maximum absolute atomic E-state index is 5.63. The average Bonchev–Trinajstić information content (AvgIpc) is 2.59. The predicted molar refractivity (Wildman–Crippen MR) is 63.0 cm³/mol. The molecule has 0 saturated carbocycles. The zero-order chi connectivity index (χ0) is 10.8. The molecule has 2 aromatic rings. The van der Waals surface area contributed by atoms with Crippen LogP contribution in [0.25, 0.3) is 10.9 Å². The van der Waals surface area contributed by atoms with E-state index in [0.29, 0.717) is 6.61 Å². The van der Waals surface area contributed by atoms with Crippen molar-refractivity contribution in [2.45, 2.75) is 33.5 Å². The van der Waals surface area contributed by atoms with Crippen LogP contribution in [0.5, 0.6) is 0 Å². The van der Waals surface area contributed by atoms with Crippen LogP contribution in [0.2, 0.25) is 0 Å². The first-order valence-corrected chi connectivity index (χ1v) is 5.35. The van der Waals surface area contributed by atoms with E-state index in [2.05, 4.69) is 44.0 Å². The molecule has 0 amide bonds. The minimum atomic E-state index is 0.277. The molecule has 0 spiro atoms. The molecule has 0 aliphatic rings. The van der Waals surface area contributed by atoms with Gasteiger partial charge in [0.1, 0.15) is 0 Å². The molecule has 80 valence electrons. The van der Waals surface area contributed by atoms with Gasteiger partial charge >= 0.3 is 0 Å². The number of fused-ring (bicyclic) bond motifs is 1. The molecule has 0 unspecified atom stereocenters. The number of hydrogen-bond donors (Lipinski definition) is 1. The van der Waals surface area contributed by atoms with Crippen molar-refractivity contribution < 1.29 is 4.74 Å². The topological polar surface area (TPSA) is 25.0 Å². The summed E-state index contributed by atoms with van der Waals surface area (Å²) in [7, 11) is 0. The van der Waals surface area contributed by atoms with Gasteiger partial charge in [-0.25, -0.2) is 0 Å². The summed E-state index contributed by atoms with van der Waals surface area (Å²) in [4.78, 5) is 3.27. The lowest BCUT2D eigenvalue weighted by Gasteiger charge is -2.07. The highest BCUT2D eigenvalue weighted by molar-refractivity contribution is 5.86. The van der Waals surface area contributed by atoms with Crippen molar-refractivity contribution in [3.63, 3.8) is 0 Å². The minimum Gasteiger partial charge on any atom is -0.374 e. The Kier molecular flexibility index (Phi) is 2.78. The van der Waals surface area contributed by atoms with E-state index in [1.54, 1.807) is 0 Å². The number of benzene rings is 1. The van der Waals surface area contributed by atoms with E-state index in [0.717, 1.165) is 0 Å². The second kappa shape index (κ2) is 4.07. The fourth-order valence-electron chi connectivity index (χ4n) is 1.82. The van der Waals surface area contributed by atoms with Gasteiger partial charge in [0.2, 0.25) is 0 Å². The fraction of sp³-hybridized carbons (Fsp3) is 0.385. The quantitative estimate of drug-likeness (QED) is 0.812. The third kappa shape index (κ3) is 2.05. The van der Waals surface area contributed by atoms with Crippen LogP contribution in [0.15, 0.2) is 24.4 Å². The molecule has 2 heteroatoms. The fourth-order valence-corrected chi connectivity index (χ4v) is 1.82. The SMILES string of the molecule is Cc1cccc2[nH]cc(COC(C)C)c12. The normalized spacial score (nSPS) is 11.5. The van der Waals surface area contributed by atoms with Gasteiger partial charge in [0, 0.05) is 22.7 Å². The lowest BCUT2D eigenvalue weighted by molar-refractivity contribution is 0.0664. The lowest BCUT2D eigenvalue weighted by atomic mass is 10.1. The number of aromatic amines is 1. The Bertz CT molecular complexity index is 457. The maximum atomic E-state index is 5.63. The van der Waals surface area contributed by atoms with E-state index in [1.807, 2.05) is 6.20 Å². The molecule has 1 aromatic heterocycles. The van der Waals surface area contributed by atoms with Crippen LogP contribution in [0.1, 0.15) is 25.0 Å². The number of hydrogen-bond acceptors (Lipinski definition) is 1. The molecule has 1 heterocycles. The van der Waals surface area contributed by atoms with Crippen molar-refractivity contribution in [1.82, 2.24) is 4.98 Å². The maximum Gasteiger partial charge on any atom is 0.0741 e. The Hall–Kier alpha value is -1.28. The third-order valence-corrected chi connectivity index (χ3v) is 2.57. The molecule has 0 aliphatic carbocycles. The lowest BCUT2D eigenvalue weighted by Crippen LogP contribution is -2.01. The monoisotopic (exact) mass is 203 g/mol. The summed E-state index contributed by atoms with van der Waals surface area (Å²) in [5.74, 6) is 0. The zero-order valence-electron chi connectivity index (χ0n) is 9.50. The van der Waals surface area contributed by atoms with Crippen LogP contribution in [0.4, 0.5) is 0 Å². The van der Waals surface area contributed by atoms with E-state index in [9.17, 15) is 0 Å². The van der Waals surface area contributed by atoms with Crippen LogP contribution in [0, 0.1) is 6.92 Å². The molecule has 2 nitrogen and oxygen atoms in total. The van der Waals surface area contributed by atoms with Crippen molar-refractivity contribution in [3.8, 4) is 0 Å². The van der Waals surface area contributed by atoms with Gasteiger partial charge in [0.15, 0.2) is 0 Å². The zero-order valence-corrected chi connectivity index (χ0v) is 9.50. The number of H-pyrrole nitrogens is 1. The van der Waals surface area contributed by atoms with Gasteiger partial charge in [0.05, 0.1) is 12.7 Å². The van der Waals surface area contributed by atoms with Crippen LogP contribution >= 0.6 is 0 Å². The van der Waals surface area contributed by atoms with Crippen molar-refractivity contribution in [2.24, 2.45) is 0 Å². The molecule has 2 rings (SSSR count). The Morgan fingerprint density at radius 1 is 1.33 bits per heavy atom.